The first-order valence-corrected chi connectivity index (χ1v) is 12.3. The fourth-order valence-electron chi connectivity index (χ4n) is 1.87. The minimum absolute atomic E-state index is 0.114. The molecule has 1 amide bonds. The second kappa shape index (κ2) is 8.23. The standard InChI is InChI=1S/C19H32BrNO3Si/c1-18(2,3)24-17(22)21-16(14-9-11-15(20)12-10-14)13-23-25(7,8)19(4,5)6/h9-12,16H,13H2,1-8H3,(H,21,22)/t16-/m0/s1. The van der Waals surface area contributed by atoms with Crippen LogP contribution in [0.2, 0.25) is 18.1 Å². The minimum atomic E-state index is -1.91. The molecule has 0 fully saturated rings. The van der Waals surface area contributed by atoms with Gasteiger partial charge >= 0.3 is 6.09 Å². The zero-order chi connectivity index (χ0) is 19.5. The Kier molecular flexibility index (Phi) is 7.30. The van der Waals surface area contributed by atoms with Crippen molar-refractivity contribution in [1.29, 1.82) is 0 Å². The summed E-state index contributed by atoms with van der Waals surface area (Å²) in [6.45, 7) is 17.0. The number of alkyl carbamates (subject to hydrolysis) is 1. The Morgan fingerprint density at radius 3 is 2.08 bits per heavy atom. The first-order chi connectivity index (χ1) is 11.2. The zero-order valence-corrected chi connectivity index (χ0v) is 19.3. The summed E-state index contributed by atoms with van der Waals surface area (Å²) in [5.74, 6) is 0. The molecule has 0 aromatic heterocycles. The van der Waals surface area contributed by atoms with Crippen LogP contribution in [0.15, 0.2) is 28.7 Å². The summed E-state index contributed by atoms with van der Waals surface area (Å²) in [5.41, 5.74) is 0.460. The fraction of sp³-hybridized carbons (Fsp3) is 0.632. The molecule has 1 aromatic rings. The molecule has 0 heterocycles. The third-order valence-electron chi connectivity index (χ3n) is 4.38. The Morgan fingerprint density at radius 2 is 1.64 bits per heavy atom. The van der Waals surface area contributed by atoms with Crippen LogP contribution < -0.4 is 5.32 Å². The SMILES string of the molecule is CC(C)(C)OC(=O)N[C@@H](CO[Si](C)(C)C(C)(C)C)c1ccc(Br)cc1. The number of benzene rings is 1. The van der Waals surface area contributed by atoms with Crippen molar-refractivity contribution in [1.82, 2.24) is 5.32 Å². The highest BCUT2D eigenvalue weighted by molar-refractivity contribution is 9.10. The number of rotatable bonds is 5. The third kappa shape index (κ3) is 7.50. The van der Waals surface area contributed by atoms with E-state index in [2.05, 4.69) is 55.1 Å². The average molecular weight is 430 g/mol. The molecule has 0 spiro atoms. The third-order valence-corrected chi connectivity index (χ3v) is 9.41. The molecular formula is C19H32BrNO3Si. The van der Waals surface area contributed by atoms with Gasteiger partial charge < -0.3 is 14.5 Å². The van der Waals surface area contributed by atoms with Crippen molar-refractivity contribution in [3.05, 3.63) is 34.3 Å². The summed E-state index contributed by atoms with van der Waals surface area (Å²) in [6.07, 6.45) is -0.431. The van der Waals surface area contributed by atoms with Crippen molar-refractivity contribution in [3.63, 3.8) is 0 Å². The second-order valence-electron chi connectivity index (χ2n) is 8.82. The number of carbonyl (C=O) groups is 1. The molecule has 1 N–H and O–H groups in total. The first kappa shape index (κ1) is 22.2. The van der Waals surface area contributed by atoms with E-state index in [0.717, 1.165) is 10.0 Å². The van der Waals surface area contributed by atoms with Gasteiger partial charge in [0.05, 0.1) is 12.6 Å². The number of carbonyl (C=O) groups excluding carboxylic acids is 1. The van der Waals surface area contributed by atoms with Gasteiger partial charge in [0.2, 0.25) is 0 Å². The lowest BCUT2D eigenvalue weighted by atomic mass is 10.1. The van der Waals surface area contributed by atoms with Gasteiger partial charge in [0.25, 0.3) is 0 Å². The summed E-state index contributed by atoms with van der Waals surface area (Å²) in [4.78, 5) is 12.2. The molecule has 1 rings (SSSR count). The van der Waals surface area contributed by atoms with Gasteiger partial charge in [-0.1, -0.05) is 48.8 Å². The molecular weight excluding hydrogens is 398 g/mol. The molecule has 0 aliphatic carbocycles. The van der Waals surface area contributed by atoms with E-state index >= 15 is 0 Å². The van der Waals surface area contributed by atoms with Gasteiger partial charge in [0, 0.05) is 4.47 Å². The number of hydrogen-bond acceptors (Lipinski definition) is 3. The monoisotopic (exact) mass is 429 g/mol. The van der Waals surface area contributed by atoms with Crippen molar-refractivity contribution in [2.24, 2.45) is 0 Å². The van der Waals surface area contributed by atoms with E-state index in [1.807, 2.05) is 45.0 Å². The molecule has 142 valence electrons. The van der Waals surface area contributed by atoms with E-state index in [9.17, 15) is 4.79 Å². The number of ether oxygens (including phenoxy) is 1. The van der Waals surface area contributed by atoms with Crippen LogP contribution in [0.25, 0.3) is 0 Å². The Balaban J connectivity index is 2.92. The van der Waals surface area contributed by atoms with Crippen LogP contribution in [-0.2, 0) is 9.16 Å². The summed E-state index contributed by atoms with van der Waals surface area (Å²) in [7, 11) is -1.91. The molecule has 0 saturated carbocycles. The van der Waals surface area contributed by atoms with Gasteiger partial charge in [0.1, 0.15) is 5.60 Å². The van der Waals surface area contributed by atoms with Crippen molar-refractivity contribution in [2.45, 2.75) is 71.3 Å². The predicted molar refractivity (Wildman–Crippen MR) is 109 cm³/mol. The van der Waals surface area contributed by atoms with Crippen molar-refractivity contribution in [2.75, 3.05) is 6.61 Å². The Labute approximate surface area is 161 Å². The smallest absolute Gasteiger partial charge is 0.408 e. The molecule has 0 radical (unpaired) electrons. The molecule has 25 heavy (non-hydrogen) atoms. The Hall–Kier alpha value is -0.853. The van der Waals surface area contributed by atoms with Gasteiger partial charge in [-0.25, -0.2) is 4.79 Å². The number of nitrogens with one attached hydrogen (secondary N) is 1. The number of hydrogen-bond donors (Lipinski definition) is 1. The average Bonchev–Trinajstić information content (AvgIpc) is 2.41. The van der Waals surface area contributed by atoms with Gasteiger partial charge in [-0.3, -0.25) is 0 Å². The van der Waals surface area contributed by atoms with E-state index in [-0.39, 0.29) is 11.1 Å². The van der Waals surface area contributed by atoms with Crippen LogP contribution in [0, 0.1) is 0 Å². The summed E-state index contributed by atoms with van der Waals surface area (Å²) < 4.78 is 12.7. The summed E-state index contributed by atoms with van der Waals surface area (Å²) in [6, 6.07) is 7.65. The molecule has 0 saturated heterocycles. The van der Waals surface area contributed by atoms with Crippen molar-refractivity contribution in [3.8, 4) is 0 Å². The van der Waals surface area contributed by atoms with E-state index in [1.54, 1.807) is 0 Å². The molecule has 4 nitrogen and oxygen atoms in total. The second-order valence-corrected chi connectivity index (χ2v) is 14.5. The molecule has 1 aromatic carbocycles. The van der Waals surface area contributed by atoms with Crippen LogP contribution in [0.3, 0.4) is 0 Å². The quantitative estimate of drug-likeness (QED) is 0.580. The number of amides is 1. The normalized spacial score (nSPS) is 14.1. The fourth-order valence-corrected chi connectivity index (χ4v) is 3.15. The van der Waals surface area contributed by atoms with Gasteiger partial charge in [-0.15, -0.1) is 0 Å². The van der Waals surface area contributed by atoms with Crippen LogP contribution in [0.5, 0.6) is 0 Å². The number of halogens is 1. The molecule has 0 aliphatic rings. The maximum absolute atomic E-state index is 12.2. The lowest BCUT2D eigenvalue weighted by molar-refractivity contribution is 0.0484. The highest BCUT2D eigenvalue weighted by Crippen LogP contribution is 2.37. The lowest BCUT2D eigenvalue weighted by Crippen LogP contribution is -2.44. The van der Waals surface area contributed by atoms with Gasteiger partial charge in [-0.05, 0) is 56.6 Å². The van der Waals surface area contributed by atoms with Crippen LogP contribution in [0.4, 0.5) is 4.79 Å². The zero-order valence-electron chi connectivity index (χ0n) is 16.7. The van der Waals surface area contributed by atoms with Crippen molar-refractivity contribution < 1.29 is 14.0 Å². The maximum atomic E-state index is 12.2. The van der Waals surface area contributed by atoms with E-state index < -0.39 is 20.0 Å². The minimum Gasteiger partial charge on any atom is -0.444 e. The van der Waals surface area contributed by atoms with Crippen LogP contribution in [-0.4, -0.2) is 26.6 Å². The topological polar surface area (TPSA) is 47.6 Å². The molecule has 6 heteroatoms. The van der Waals surface area contributed by atoms with Gasteiger partial charge in [-0.2, -0.15) is 0 Å². The summed E-state index contributed by atoms with van der Waals surface area (Å²) in [5, 5.41) is 3.07. The highest BCUT2D eigenvalue weighted by atomic mass is 79.9. The Bertz CT molecular complexity index is 574. The largest absolute Gasteiger partial charge is 0.444 e. The molecule has 0 bridgehead atoms. The van der Waals surface area contributed by atoms with Crippen molar-refractivity contribution >= 4 is 30.3 Å². The highest BCUT2D eigenvalue weighted by Gasteiger charge is 2.38. The Morgan fingerprint density at radius 1 is 1.12 bits per heavy atom. The lowest BCUT2D eigenvalue weighted by Gasteiger charge is -2.37. The molecule has 0 unspecified atom stereocenters. The maximum Gasteiger partial charge on any atom is 0.408 e. The van der Waals surface area contributed by atoms with E-state index in [4.69, 9.17) is 9.16 Å². The molecule has 1 atom stereocenters. The van der Waals surface area contributed by atoms with E-state index in [0.29, 0.717) is 6.61 Å². The van der Waals surface area contributed by atoms with Gasteiger partial charge in [0.15, 0.2) is 8.32 Å². The first-order valence-electron chi connectivity index (χ1n) is 8.60. The van der Waals surface area contributed by atoms with Crippen LogP contribution >= 0.6 is 15.9 Å². The van der Waals surface area contributed by atoms with E-state index in [1.165, 1.54) is 0 Å². The molecule has 0 aliphatic heterocycles. The summed E-state index contributed by atoms with van der Waals surface area (Å²) >= 11 is 3.45. The van der Waals surface area contributed by atoms with Crippen LogP contribution in [0.1, 0.15) is 53.1 Å². The predicted octanol–water partition coefficient (Wildman–Crippen LogP) is 6.04.